The van der Waals surface area contributed by atoms with Gasteiger partial charge in [0.05, 0.1) is 19.1 Å². The molecule has 0 aliphatic rings. The van der Waals surface area contributed by atoms with Gasteiger partial charge in [0.15, 0.2) is 0 Å². The molecule has 0 aromatic heterocycles. The van der Waals surface area contributed by atoms with Crippen molar-refractivity contribution in [3.63, 3.8) is 0 Å². The molecule has 29 heavy (non-hydrogen) atoms. The Kier molecular flexibility index (Phi) is 7.81. The highest BCUT2D eigenvalue weighted by molar-refractivity contribution is 7.89. The molecule has 0 aliphatic heterocycles. The van der Waals surface area contributed by atoms with E-state index in [-0.39, 0.29) is 10.8 Å². The number of hydrogen-bond donors (Lipinski definition) is 1. The number of methoxy groups -OCH3 is 2. The Bertz CT molecular complexity index is 943. The van der Waals surface area contributed by atoms with E-state index in [1.54, 1.807) is 50.3 Å². The highest BCUT2D eigenvalue weighted by atomic mass is 32.2. The maximum atomic E-state index is 12.5. The molecule has 0 saturated heterocycles. The zero-order valence-electron chi connectivity index (χ0n) is 17.0. The molecule has 2 rings (SSSR count). The lowest BCUT2D eigenvalue weighted by atomic mass is 10.2. The topological polar surface area (TPSA) is 84.9 Å². The van der Waals surface area contributed by atoms with Crippen molar-refractivity contribution in [1.29, 1.82) is 0 Å². The zero-order valence-corrected chi connectivity index (χ0v) is 17.8. The number of rotatable bonds is 9. The van der Waals surface area contributed by atoms with E-state index in [9.17, 15) is 13.2 Å². The normalized spacial score (nSPS) is 11.6. The summed E-state index contributed by atoms with van der Waals surface area (Å²) in [4.78, 5) is 12.4. The molecule has 1 amide bonds. The predicted octanol–water partition coefficient (Wildman–Crippen LogP) is 3.39. The van der Waals surface area contributed by atoms with Crippen LogP contribution < -0.4 is 14.8 Å². The van der Waals surface area contributed by atoms with E-state index in [2.05, 4.69) is 5.32 Å². The van der Waals surface area contributed by atoms with Crippen LogP contribution in [0.4, 0.5) is 5.69 Å². The number of nitrogens with zero attached hydrogens (tertiary/aromatic N) is 1. The number of hydrogen-bond acceptors (Lipinski definition) is 5. The van der Waals surface area contributed by atoms with Crippen LogP contribution in [-0.4, -0.2) is 45.9 Å². The first-order chi connectivity index (χ1) is 13.8. The first-order valence-corrected chi connectivity index (χ1v) is 10.6. The third kappa shape index (κ3) is 5.82. The van der Waals surface area contributed by atoms with E-state index in [0.29, 0.717) is 35.8 Å². The summed E-state index contributed by atoms with van der Waals surface area (Å²) in [5.41, 5.74) is 1.25. The van der Waals surface area contributed by atoms with Gasteiger partial charge in [-0.15, -0.1) is 0 Å². The van der Waals surface area contributed by atoms with Crippen LogP contribution in [0.1, 0.15) is 19.4 Å². The Morgan fingerprint density at radius 2 is 1.55 bits per heavy atom. The summed E-state index contributed by atoms with van der Waals surface area (Å²) in [6.07, 6.45) is 2.99. The zero-order chi connectivity index (χ0) is 21.4. The van der Waals surface area contributed by atoms with Crippen molar-refractivity contribution in [2.75, 3.05) is 32.6 Å². The molecule has 7 nitrogen and oxygen atoms in total. The summed E-state index contributed by atoms with van der Waals surface area (Å²) in [7, 11) is -0.433. The third-order valence-electron chi connectivity index (χ3n) is 4.27. The second-order valence-electron chi connectivity index (χ2n) is 6.08. The number of nitrogens with one attached hydrogen (secondary N) is 1. The van der Waals surface area contributed by atoms with Gasteiger partial charge in [0.2, 0.25) is 15.9 Å². The van der Waals surface area contributed by atoms with E-state index in [1.807, 2.05) is 0 Å². The highest BCUT2D eigenvalue weighted by Gasteiger charge is 2.20. The molecule has 2 aromatic rings. The van der Waals surface area contributed by atoms with Crippen molar-refractivity contribution in [3.8, 4) is 11.5 Å². The average molecular weight is 419 g/mol. The summed E-state index contributed by atoms with van der Waals surface area (Å²) in [6.45, 7) is 4.43. The molecule has 8 heteroatoms. The predicted molar refractivity (Wildman–Crippen MR) is 114 cm³/mol. The van der Waals surface area contributed by atoms with Crippen molar-refractivity contribution in [2.24, 2.45) is 0 Å². The van der Waals surface area contributed by atoms with Crippen LogP contribution in [0.15, 0.2) is 53.4 Å². The standard InChI is InChI=1S/C21H26N2O5S/c1-5-23(6-2)29(25,26)20-10-7-16(8-11-20)9-12-21(24)22-17-13-18(27-3)15-19(14-17)28-4/h7-15H,5-6H2,1-4H3,(H,22,24)/b12-9+. The van der Waals surface area contributed by atoms with Crippen molar-refractivity contribution in [2.45, 2.75) is 18.7 Å². The van der Waals surface area contributed by atoms with Crippen LogP contribution in [0.3, 0.4) is 0 Å². The molecule has 156 valence electrons. The molecule has 1 N–H and O–H groups in total. The van der Waals surface area contributed by atoms with Gasteiger partial charge in [0, 0.05) is 43.1 Å². The average Bonchev–Trinajstić information content (AvgIpc) is 2.72. The van der Waals surface area contributed by atoms with Gasteiger partial charge in [-0.2, -0.15) is 4.31 Å². The Hall–Kier alpha value is -2.84. The second kappa shape index (κ2) is 10.1. The van der Waals surface area contributed by atoms with Crippen LogP contribution >= 0.6 is 0 Å². The largest absolute Gasteiger partial charge is 0.497 e. The van der Waals surface area contributed by atoms with Gasteiger partial charge in [-0.25, -0.2) is 8.42 Å². The van der Waals surface area contributed by atoms with Crippen molar-refractivity contribution >= 4 is 27.7 Å². The molecule has 0 bridgehead atoms. The number of sulfonamides is 1. The molecule has 0 atom stereocenters. The summed E-state index contributed by atoms with van der Waals surface area (Å²) in [5, 5.41) is 2.74. The van der Waals surface area contributed by atoms with Crippen molar-refractivity contribution in [1.82, 2.24) is 4.31 Å². The van der Waals surface area contributed by atoms with Gasteiger partial charge in [-0.3, -0.25) is 4.79 Å². The molecule has 0 unspecified atom stereocenters. The van der Waals surface area contributed by atoms with Crippen LogP contribution in [0.5, 0.6) is 11.5 Å². The van der Waals surface area contributed by atoms with Gasteiger partial charge in [0.1, 0.15) is 11.5 Å². The SMILES string of the molecule is CCN(CC)S(=O)(=O)c1ccc(/C=C/C(=O)Nc2cc(OC)cc(OC)c2)cc1. The minimum absolute atomic E-state index is 0.228. The van der Waals surface area contributed by atoms with E-state index < -0.39 is 10.0 Å². The first kappa shape index (κ1) is 22.4. The number of carbonyl (C=O) groups excluding carboxylic acids is 1. The maximum absolute atomic E-state index is 12.5. The smallest absolute Gasteiger partial charge is 0.248 e. The lowest BCUT2D eigenvalue weighted by Gasteiger charge is -2.18. The highest BCUT2D eigenvalue weighted by Crippen LogP contribution is 2.25. The number of carbonyl (C=O) groups is 1. The number of benzene rings is 2. The fraction of sp³-hybridized carbons (Fsp3) is 0.286. The summed E-state index contributed by atoms with van der Waals surface area (Å²) < 4.78 is 36.8. The van der Waals surface area contributed by atoms with Gasteiger partial charge >= 0.3 is 0 Å². The van der Waals surface area contributed by atoms with Crippen molar-refractivity contribution < 1.29 is 22.7 Å². The summed E-state index contributed by atoms with van der Waals surface area (Å²) >= 11 is 0. The van der Waals surface area contributed by atoms with Gasteiger partial charge in [-0.1, -0.05) is 26.0 Å². The first-order valence-electron chi connectivity index (χ1n) is 9.16. The lowest BCUT2D eigenvalue weighted by Crippen LogP contribution is -2.30. The maximum Gasteiger partial charge on any atom is 0.248 e. The van der Waals surface area contributed by atoms with Gasteiger partial charge < -0.3 is 14.8 Å². The minimum Gasteiger partial charge on any atom is -0.497 e. The van der Waals surface area contributed by atoms with Gasteiger partial charge in [0.25, 0.3) is 0 Å². The Morgan fingerprint density at radius 3 is 2.03 bits per heavy atom. The second-order valence-corrected chi connectivity index (χ2v) is 8.02. The Morgan fingerprint density at radius 1 is 1.00 bits per heavy atom. The van der Waals surface area contributed by atoms with E-state index in [4.69, 9.17) is 9.47 Å². The molecular formula is C21H26N2O5S. The van der Waals surface area contributed by atoms with Crippen LogP contribution in [0, 0.1) is 0 Å². The molecule has 2 aromatic carbocycles. The Labute approximate surface area is 172 Å². The fourth-order valence-corrected chi connectivity index (χ4v) is 4.16. The third-order valence-corrected chi connectivity index (χ3v) is 6.33. The molecule has 0 heterocycles. The summed E-state index contributed by atoms with van der Waals surface area (Å²) in [5.74, 6) is 0.794. The number of amides is 1. The van der Waals surface area contributed by atoms with Crippen molar-refractivity contribution in [3.05, 3.63) is 54.1 Å². The van der Waals surface area contributed by atoms with Crippen LogP contribution in [-0.2, 0) is 14.8 Å². The molecule has 0 radical (unpaired) electrons. The van der Waals surface area contributed by atoms with Crippen LogP contribution in [0.2, 0.25) is 0 Å². The van der Waals surface area contributed by atoms with E-state index >= 15 is 0 Å². The lowest BCUT2D eigenvalue weighted by molar-refractivity contribution is -0.111. The summed E-state index contributed by atoms with van der Waals surface area (Å²) in [6, 6.07) is 11.5. The monoisotopic (exact) mass is 418 g/mol. The molecular weight excluding hydrogens is 392 g/mol. The molecule has 0 saturated carbocycles. The van der Waals surface area contributed by atoms with E-state index in [1.165, 1.54) is 36.7 Å². The van der Waals surface area contributed by atoms with Crippen LogP contribution in [0.25, 0.3) is 6.08 Å². The fourth-order valence-electron chi connectivity index (χ4n) is 2.70. The molecule has 0 aliphatic carbocycles. The molecule has 0 fully saturated rings. The number of anilines is 1. The van der Waals surface area contributed by atoms with Gasteiger partial charge in [-0.05, 0) is 23.8 Å². The minimum atomic E-state index is -3.50. The molecule has 0 spiro atoms. The Balaban J connectivity index is 2.09. The number of ether oxygens (including phenoxy) is 2. The quantitative estimate of drug-likeness (QED) is 0.631. The van der Waals surface area contributed by atoms with E-state index in [0.717, 1.165) is 0 Å².